The number of allylic oxidation sites excluding steroid dienone is 1. The zero-order chi connectivity index (χ0) is 12.8. The van der Waals surface area contributed by atoms with Crippen LogP contribution >= 0.6 is 0 Å². The van der Waals surface area contributed by atoms with Crippen LogP contribution < -0.4 is 10.2 Å². The third kappa shape index (κ3) is 3.88. The molecule has 2 rings (SSSR count). The van der Waals surface area contributed by atoms with E-state index in [1.54, 1.807) is 5.57 Å². The predicted octanol–water partition coefficient (Wildman–Crippen LogP) is 3.34. The normalized spacial score (nSPS) is 14.7. The summed E-state index contributed by atoms with van der Waals surface area (Å²) in [5.74, 6) is 0. The van der Waals surface area contributed by atoms with Crippen LogP contribution in [-0.4, -0.2) is 20.6 Å². The molecule has 0 saturated heterocycles. The Bertz CT molecular complexity index is 390. The zero-order valence-corrected chi connectivity index (χ0v) is 11.6. The lowest BCUT2D eigenvalue weighted by atomic mass is 10.1. The monoisotopic (exact) mass is 244 g/mol. The molecule has 2 heteroatoms. The number of benzene rings is 1. The van der Waals surface area contributed by atoms with Crippen LogP contribution in [0, 0.1) is 0 Å². The van der Waals surface area contributed by atoms with Gasteiger partial charge in [0.1, 0.15) is 0 Å². The lowest BCUT2D eigenvalue weighted by molar-refractivity contribution is 0.676. The van der Waals surface area contributed by atoms with Crippen LogP contribution in [-0.2, 0) is 6.54 Å². The molecule has 1 aliphatic rings. The van der Waals surface area contributed by atoms with Crippen molar-refractivity contribution >= 4 is 5.69 Å². The molecule has 0 heterocycles. The van der Waals surface area contributed by atoms with Gasteiger partial charge >= 0.3 is 0 Å². The second kappa shape index (κ2) is 6.60. The van der Waals surface area contributed by atoms with Crippen molar-refractivity contribution in [2.24, 2.45) is 0 Å². The second-order valence-corrected chi connectivity index (χ2v) is 5.24. The summed E-state index contributed by atoms with van der Waals surface area (Å²) in [6.07, 6.45) is 7.60. The fourth-order valence-corrected chi connectivity index (χ4v) is 2.36. The average Bonchev–Trinajstić information content (AvgIpc) is 2.88. The van der Waals surface area contributed by atoms with Gasteiger partial charge in [0.2, 0.25) is 0 Å². The molecule has 18 heavy (non-hydrogen) atoms. The molecule has 98 valence electrons. The summed E-state index contributed by atoms with van der Waals surface area (Å²) in [5, 5.41) is 3.52. The van der Waals surface area contributed by atoms with Crippen molar-refractivity contribution in [2.75, 3.05) is 25.5 Å². The number of nitrogens with one attached hydrogen (secondary N) is 1. The highest BCUT2D eigenvalue weighted by atomic mass is 15.1. The molecule has 1 aromatic rings. The Balaban J connectivity index is 1.69. The number of hydrogen-bond acceptors (Lipinski definition) is 2. The molecule has 2 nitrogen and oxygen atoms in total. The topological polar surface area (TPSA) is 15.3 Å². The summed E-state index contributed by atoms with van der Waals surface area (Å²) >= 11 is 0. The van der Waals surface area contributed by atoms with E-state index in [1.165, 1.54) is 36.9 Å². The second-order valence-electron chi connectivity index (χ2n) is 5.24. The van der Waals surface area contributed by atoms with Crippen LogP contribution in [0.2, 0.25) is 0 Å². The Morgan fingerprint density at radius 3 is 2.56 bits per heavy atom. The van der Waals surface area contributed by atoms with E-state index in [1.807, 2.05) is 0 Å². The molecular formula is C16H24N2. The van der Waals surface area contributed by atoms with Gasteiger partial charge in [-0.05, 0) is 49.9 Å². The first-order valence-electron chi connectivity index (χ1n) is 6.90. The number of nitrogens with zero attached hydrogens (tertiary/aromatic N) is 1. The maximum atomic E-state index is 3.52. The third-order valence-corrected chi connectivity index (χ3v) is 3.54. The molecule has 0 bridgehead atoms. The van der Waals surface area contributed by atoms with Gasteiger partial charge in [0.25, 0.3) is 0 Å². The van der Waals surface area contributed by atoms with E-state index < -0.39 is 0 Å². The van der Waals surface area contributed by atoms with Gasteiger partial charge in [-0.2, -0.15) is 0 Å². The number of hydrogen-bond donors (Lipinski definition) is 1. The molecule has 0 radical (unpaired) electrons. The standard InChI is InChI=1S/C16H24N2/c1-18(2)16-9-7-15(8-10-16)13-17-12-11-14-5-3-4-6-14/h5,7-10,17H,3-4,6,11-13H2,1-2H3. The minimum atomic E-state index is 0.973. The summed E-state index contributed by atoms with van der Waals surface area (Å²) in [7, 11) is 4.14. The van der Waals surface area contributed by atoms with E-state index in [-0.39, 0.29) is 0 Å². The Labute approximate surface area is 111 Å². The van der Waals surface area contributed by atoms with Crippen LogP contribution in [0.3, 0.4) is 0 Å². The molecule has 0 aliphatic heterocycles. The Morgan fingerprint density at radius 1 is 1.17 bits per heavy atom. The maximum Gasteiger partial charge on any atom is 0.0361 e. The van der Waals surface area contributed by atoms with Crippen molar-refractivity contribution in [3.63, 3.8) is 0 Å². The fourth-order valence-electron chi connectivity index (χ4n) is 2.36. The lowest BCUT2D eigenvalue weighted by Gasteiger charge is -2.13. The molecule has 0 atom stereocenters. The van der Waals surface area contributed by atoms with Crippen molar-refractivity contribution in [3.8, 4) is 0 Å². The van der Waals surface area contributed by atoms with Crippen molar-refractivity contribution < 1.29 is 0 Å². The van der Waals surface area contributed by atoms with Gasteiger partial charge in [-0.25, -0.2) is 0 Å². The summed E-state index contributed by atoms with van der Waals surface area (Å²) in [6.45, 7) is 2.07. The van der Waals surface area contributed by atoms with Crippen molar-refractivity contribution in [2.45, 2.75) is 32.2 Å². The molecular weight excluding hydrogens is 220 g/mol. The van der Waals surface area contributed by atoms with Crippen molar-refractivity contribution in [1.29, 1.82) is 0 Å². The smallest absolute Gasteiger partial charge is 0.0361 e. The highest BCUT2D eigenvalue weighted by Crippen LogP contribution is 2.19. The number of anilines is 1. The van der Waals surface area contributed by atoms with Crippen LogP contribution in [0.5, 0.6) is 0 Å². The molecule has 0 unspecified atom stereocenters. The lowest BCUT2D eigenvalue weighted by Crippen LogP contribution is -2.15. The first-order chi connectivity index (χ1) is 8.75. The third-order valence-electron chi connectivity index (χ3n) is 3.54. The first kappa shape index (κ1) is 13.2. The number of rotatable bonds is 6. The minimum absolute atomic E-state index is 0.973. The first-order valence-corrected chi connectivity index (χ1v) is 6.90. The molecule has 1 aromatic carbocycles. The van der Waals surface area contributed by atoms with Gasteiger partial charge in [0, 0.05) is 26.3 Å². The van der Waals surface area contributed by atoms with E-state index in [9.17, 15) is 0 Å². The summed E-state index contributed by atoms with van der Waals surface area (Å²) in [4.78, 5) is 2.13. The van der Waals surface area contributed by atoms with Gasteiger partial charge in [0.05, 0.1) is 0 Å². The molecule has 0 aromatic heterocycles. The van der Waals surface area contributed by atoms with E-state index in [2.05, 4.69) is 54.7 Å². The molecule has 0 fully saturated rings. The van der Waals surface area contributed by atoms with Crippen LogP contribution in [0.1, 0.15) is 31.2 Å². The molecule has 1 aliphatic carbocycles. The average molecular weight is 244 g/mol. The van der Waals surface area contributed by atoms with Gasteiger partial charge in [0.15, 0.2) is 0 Å². The van der Waals surface area contributed by atoms with E-state index in [4.69, 9.17) is 0 Å². The highest BCUT2D eigenvalue weighted by Gasteiger charge is 2.03. The summed E-state index contributed by atoms with van der Waals surface area (Å²) in [6, 6.07) is 8.77. The van der Waals surface area contributed by atoms with Gasteiger partial charge in [-0.1, -0.05) is 23.8 Å². The quantitative estimate of drug-likeness (QED) is 0.610. The SMILES string of the molecule is CN(C)c1ccc(CNCCC2=CCCC2)cc1. The molecule has 0 amide bonds. The fraction of sp³-hybridized carbons (Fsp3) is 0.500. The molecule has 0 saturated carbocycles. The van der Waals surface area contributed by atoms with E-state index in [0.717, 1.165) is 13.1 Å². The van der Waals surface area contributed by atoms with Crippen molar-refractivity contribution in [3.05, 3.63) is 41.5 Å². The van der Waals surface area contributed by atoms with E-state index in [0.29, 0.717) is 0 Å². The van der Waals surface area contributed by atoms with Gasteiger partial charge in [-0.15, -0.1) is 0 Å². The Morgan fingerprint density at radius 2 is 1.94 bits per heavy atom. The Hall–Kier alpha value is -1.28. The van der Waals surface area contributed by atoms with Crippen LogP contribution in [0.4, 0.5) is 5.69 Å². The van der Waals surface area contributed by atoms with Crippen LogP contribution in [0.15, 0.2) is 35.9 Å². The largest absolute Gasteiger partial charge is 0.378 e. The van der Waals surface area contributed by atoms with E-state index >= 15 is 0 Å². The molecule has 1 N–H and O–H groups in total. The van der Waals surface area contributed by atoms with Crippen LogP contribution in [0.25, 0.3) is 0 Å². The molecule has 0 spiro atoms. The zero-order valence-electron chi connectivity index (χ0n) is 11.6. The highest BCUT2D eigenvalue weighted by molar-refractivity contribution is 5.45. The van der Waals surface area contributed by atoms with Gasteiger partial charge in [-0.3, -0.25) is 0 Å². The minimum Gasteiger partial charge on any atom is -0.378 e. The predicted molar refractivity (Wildman–Crippen MR) is 79.0 cm³/mol. The Kier molecular flexibility index (Phi) is 4.82. The summed E-state index contributed by atoms with van der Waals surface area (Å²) < 4.78 is 0. The summed E-state index contributed by atoms with van der Waals surface area (Å²) in [5.41, 5.74) is 4.27. The van der Waals surface area contributed by atoms with Gasteiger partial charge < -0.3 is 10.2 Å². The van der Waals surface area contributed by atoms with Crippen molar-refractivity contribution in [1.82, 2.24) is 5.32 Å². The maximum absolute atomic E-state index is 3.52.